The zero-order valence-electron chi connectivity index (χ0n) is 14.2. The van der Waals surface area contributed by atoms with Crippen LogP contribution in [0.25, 0.3) is 0 Å². The van der Waals surface area contributed by atoms with E-state index in [-0.39, 0.29) is 12.1 Å². The van der Waals surface area contributed by atoms with Gasteiger partial charge in [-0.2, -0.15) is 0 Å². The highest BCUT2D eigenvalue weighted by Crippen LogP contribution is 2.24. The molecule has 5 nitrogen and oxygen atoms in total. The predicted octanol–water partition coefficient (Wildman–Crippen LogP) is 3.09. The molecule has 2 amide bonds. The number of hydrogen-bond acceptors (Lipinski definition) is 4. The predicted molar refractivity (Wildman–Crippen MR) is 97.1 cm³/mol. The molecule has 6 heteroatoms. The van der Waals surface area contributed by atoms with Crippen LogP contribution in [0.4, 0.5) is 4.79 Å². The van der Waals surface area contributed by atoms with Crippen LogP contribution in [0.3, 0.4) is 0 Å². The molecule has 2 atom stereocenters. The van der Waals surface area contributed by atoms with E-state index in [1.807, 2.05) is 18.5 Å². The third-order valence-electron chi connectivity index (χ3n) is 4.64. The van der Waals surface area contributed by atoms with E-state index in [4.69, 9.17) is 0 Å². The summed E-state index contributed by atoms with van der Waals surface area (Å²) in [5, 5.41) is 6.02. The Hall–Kier alpha value is -1.92. The Balaban J connectivity index is 1.45. The van der Waals surface area contributed by atoms with Crippen molar-refractivity contribution in [1.29, 1.82) is 0 Å². The molecule has 1 saturated heterocycles. The van der Waals surface area contributed by atoms with Crippen LogP contribution in [0.5, 0.6) is 0 Å². The van der Waals surface area contributed by atoms with E-state index in [9.17, 15) is 4.79 Å². The molecule has 24 heavy (non-hydrogen) atoms. The topological polar surface area (TPSA) is 57.3 Å². The summed E-state index contributed by atoms with van der Waals surface area (Å²) >= 11 is 1.57. The molecule has 0 unspecified atom stereocenters. The molecule has 2 aromatic rings. The summed E-state index contributed by atoms with van der Waals surface area (Å²) in [6.45, 7) is 6.63. The zero-order chi connectivity index (χ0) is 16.9. The summed E-state index contributed by atoms with van der Waals surface area (Å²) in [6.07, 6.45) is 0.990. The normalized spacial score (nSPS) is 19.2. The molecule has 1 aliphatic rings. The van der Waals surface area contributed by atoms with Gasteiger partial charge in [0.05, 0.1) is 17.7 Å². The van der Waals surface area contributed by atoms with Crippen molar-refractivity contribution in [2.24, 2.45) is 0 Å². The zero-order valence-corrected chi connectivity index (χ0v) is 15.0. The van der Waals surface area contributed by atoms with Gasteiger partial charge in [0.2, 0.25) is 0 Å². The summed E-state index contributed by atoms with van der Waals surface area (Å²) < 4.78 is 0. The number of likely N-dealkylation sites (tertiary alicyclic amines) is 1. The molecule has 0 aliphatic carbocycles. The van der Waals surface area contributed by atoms with Crippen molar-refractivity contribution in [1.82, 2.24) is 20.5 Å². The SMILES string of the molecule is Cc1ncsc1CNC(=O)N[C@@H]1CCN([C@@H](C)c2ccccc2)C1. The van der Waals surface area contributed by atoms with E-state index in [1.165, 1.54) is 5.56 Å². The number of rotatable bonds is 5. The highest BCUT2D eigenvalue weighted by molar-refractivity contribution is 7.09. The molecule has 1 aromatic carbocycles. The van der Waals surface area contributed by atoms with Gasteiger partial charge in [0, 0.05) is 30.1 Å². The van der Waals surface area contributed by atoms with E-state index in [1.54, 1.807) is 11.3 Å². The number of carbonyl (C=O) groups excluding carboxylic acids is 1. The van der Waals surface area contributed by atoms with Gasteiger partial charge in [-0.05, 0) is 25.8 Å². The fourth-order valence-corrected chi connectivity index (χ4v) is 3.81. The first kappa shape index (κ1) is 16.9. The van der Waals surface area contributed by atoms with E-state index >= 15 is 0 Å². The second-order valence-electron chi connectivity index (χ2n) is 6.26. The average Bonchev–Trinajstić information content (AvgIpc) is 3.22. The first-order chi connectivity index (χ1) is 11.6. The molecule has 1 fully saturated rings. The Kier molecular flexibility index (Phi) is 5.48. The Morgan fingerprint density at radius 1 is 1.42 bits per heavy atom. The van der Waals surface area contributed by atoms with Crippen LogP contribution in [0, 0.1) is 6.92 Å². The van der Waals surface area contributed by atoms with Crippen LogP contribution in [-0.4, -0.2) is 35.0 Å². The van der Waals surface area contributed by atoms with Gasteiger partial charge in [0.1, 0.15) is 0 Å². The van der Waals surface area contributed by atoms with Crippen LogP contribution in [0.2, 0.25) is 0 Å². The second kappa shape index (κ2) is 7.77. The first-order valence-electron chi connectivity index (χ1n) is 8.36. The number of aromatic nitrogens is 1. The molecule has 0 saturated carbocycles. The van der Waals surface area contributed by atoms with Gasteiger partial charge >= 0.3 is 6.03 Å². The van der Waals surface area contributed by atoms with Gasteiger partial charge in [0.15, 0.2) is 0 Å². The molecule has 2 N–H and O–H groups in total. The van der Waals surface area contributed by atoms with E-state index in [2.05, 4.69) is 51.7 Å². The van der Waals surface area contributed by atoms with Crippen molar-refractivity contribution in [2.45, 2.75) is 38.9 Å². The van der Waals surface area contributed by atoms with Gasteiger partial charge in [-0.1, -0.05) is 30.3 Å². The molecule has 128 valence electrons. The van der Waals surface area contributed by atoms with Crippen molar-refractivity contribution < 1.29 is 4.79 Å². The third-order valence-corrected chi connectivity index (χ3v) is 5.57. The molecule has 3 rings (SSSR count). The maximum absolute atomic E-state index is 12.1. The van der Waals surface area contributed by atoms with Gasteiger partial charge in [-0.3, -0.25) is 4.90 Å². The first-order valence-corrected chi connectivity index (χ1v) is 9.24. The monoisotopic (exact) mass is 344 g/mol. The van der Waals surface area contributed by atoms with Gasteiger partial charge in [0.25, 0.3) is 0 Å². The van der Waals surface area contributed by atoms with Crippen molar-refractivity contribution in [2.75, 3.05) is 13.1 Å². The summed E-state index contributed by atoms with van der Waals surface area (Å²) in [5.41, 5.74) is 4.12. The van der Waals surface area contributed by atoms with Gasteiger partial charge in [-0.25, -0.2) is 9.78 Å². The molecule has 1 aromatic heterocycles. The quantitative estimate of drug-likeness (QED) is 0.876. The minimum absolute atomic E-state index is 0.0954. The molecule has 1 aliphatic heterocycles. The Labute approximate surface area is 147 Å². The summed E-state index contributed by atoms with van der Waals surface area (Å²) in [4.78, 5) is 19.8. The molecular weight excluding hydrogens is 320 g/mol. The van der Waals surface area contributed by atoms with Crippen molar-refractivity contribution in [3.63, 3.8) is 0 Å². The standard InChI is InChI=1S/C18H24N4OS/c1-13-17(24-12-20-13)10-19-18(23)21-16-8-9-22(11-16)14(2)15-6-4-3-5-7-15/h3-7,12,14,16H,8-11H2,1-2H3,(H2,19,21,23)/t14-,16+/m0/s1. The van der Waals surface area contributed by atoms with E-state index in [0.29, 0.717) is 12.6 Å². The Morgan fingerprint density at radius 3 is 2.92 bits per heavy atom. The molecular formula is C18H24N4OS. The van der Waals surface area contributed by atoms with E-state index in [0.717, 1.165) is 30.1 Å². The molecule has 2 heterocycles. The fourth-order valence-electron chi connectivity index (χ4n) is 3.09. The lowest BCUT2D eigenvalue weighted by Gasteiger charge is -2.24. The fraction of sp³-hybridized carbons (Fsp3) is 0.444. The van der Waals surface area contributed by atoms with Gasteiger partial charge in [-0.15, -0.1) is 11.3 Å². The number of nitrogens with zero attached hydrogens (tertiary/aromatic N) is 2. The number of urea groups is 1. The third kappa shape index (κ3) is 4.13. The lowest BCUT2D eigenvalue weighted by Crippen LogP contribution is -2.43. The Morgan fingerprint density at radius 2 is 2.21 bits per heavy atom. The minimum Gasteiger partial charge on any atom is -0.334 e. The van der Waals surface area contributed by atoms with Gasteiger partial charge < -0.3 is 10.6 Å². The number of nitrogens with one attached hydrogen (secondary N) is 2. The summed E-state index contributed by atoms with van der Waals surface area (Å²) in [6, 6.07) is 11.0. The maximum atomic E-state index is 12.1. The second-order valence-corrected chi connectivity index (χ2v) is 7.19. The Bertz CT molecular complexity index is 673. The van der Waals surface area contributed by atoms with Crippen LogP contribution in [0.1, 0.15) is 35.5 Å². The van der Waals surface area contributed by atoms with Crippen LogP contribution >= 0.6 is 11.3 Å². The highest BCUT2D eigenvalue weighted by atomic mass is 32.1. The summed E-state index contributed by atoms with van der Waals surface area (Å²) in [5.74, 6) is 0. The number of benzene rings is 1. The number of hydrogen-bond donors (Lipinski definition) is 2. The highest BCUT2D eigenvalue weighted by Gasteiger charge is 2.27. The smallest absolute Gasteiger partial charge is 0.315 e. The van der Waals surface area contributed by atoms with Crippen molar-refractivity contribution in [3.05, 3.63) is 52.0 Å². The van der Waals surface area contributed by atoms with Crippen LogP contribution < -0.4 is 10.6 Å². The van der Waals surface area contributed by atoms with Crippen molar-refractivity contribution >= 4 is 17.4 Å². The number of carbonyl (C=O) groups is 1. The molecule has 0 radical (unpaired) electrons. The summed E-state index contributed by atoms with van der Waals surface area (Å²) in [7, 11) is 0. The van der Waals surface area contributed by atoms with Crippen molar-refractivity contribution in [3.8, 4) is 0 Å². The minimum atomic E-state index is -0.0954. The van der Waals surface area contributed by atoms with Crippen LogP contribution in [-0.2, 0) is 6.54 Å². The molecule has 0 bridgehead atoms. The number of amides is 2. The molecule has 0 spiro atoms. The largest absolute Gasteiger partial charge is 0.334 e. The lowest BCUT2D eigenvalue weighted by molar-refractivity contribution is 0.231. The van der Waals surface area contributed by atoms with Crippen LogP contribution in [0.15, 0.2) is 35.8 Å². The number of thiazole rings is 1. The average molecular weight is 344 g/mol. The maximum Gasteiger partial charge on any atom is 0.315 e. The number of aryl methyl sites for hydroxylation is 1. The van der Waals surface area contributed by atoms with E-state index < -0.39 is 0 Å². The lowest BCUT2D eigenvalue weighted by atomic mass is 10.1.